The Morgan fingerprint density at radius 1 is 1.40 bits per heavy atom. The van der Waals surface area contributed by atoms with Crippen molar-refractivity contribution >= 4 is 21.5 Å². The first-order valence-electron chi connectivity index (χ1n) is 4.55. The Bertz CT molecular complexity index is 401. The topological polar surface area (TPSA) is 98.0 Å². The first kappa shape index (κ1) is 11.7. The van der Waals surface area contributed by atoms with Crippen molar-refractivity contribution in [2.24, 2.45) is 0 Å². The third-order valence-corrected chi connectivity index (χ3v) is 3.54. The van der Waals surface area contributed by atoms with Crippen molar-refractivity contribution in [2.75, 3.05) is 29.1 Å². The summed E-state index contributed by atoms with van der Waals surface area (Å²) in [7, 11) is -2.93. The monoisotopic (exact) mass is 230 g/mol. The number of sulfone groups is 1. The maximum atomic E-state index is 11.1. The average Bonchev–Trinajstić information content (AvgIpc) is 2.21. The van der Waals surface area contributed by atoms with E-state index in [1.807, 2.05) is 0 Å². The van der Waals surface area contributed by atoms with Crippen LogP contribution in [-0.2, 0) is 9.84 Å². The van der Waals surface area contributed by atoms with E-state index in [0.29, 0.717) is 18.2 Å². The fraction of sp³-hybridized carbons (Fsp3) is 0.500. The summed E-state index contributed by atoms with van der Waals surface area (Å²) in [5.74, 6) is 1.11. The number of nitrogens with zero attached hydrogens (tertiary/aromatic N) is 2. The summed E-state index contributed by atoms with van der Waals surface area (Å²) in [6.07, 6.45) is 2.88. The second kappa shape index (κ2) is 4.92. The molecule has 0 atom stereocenters. The van der Waals surface area contributed by atoms with Crippen LogP contribution in [0.1, 0.15) is 6.92 Å². The number of nitrogen functional groups attached to an aromatic ring is 1. The van der Waals surface area contributed by atoms with Crippen LogP contribution in [0.3, 0.4) is 0 Å². The molecule has 0 saturated heterocycles. The Kier molecular flexibility index (Phi) is 3.84. The van der Waals surface area contributed by atoms with Crippen LogP contribution in [0.25, 0.3) is 0 Å². The van der Waals surface area contributed by atoms with E-state index in [1.165, 1.54) is 12.4 Å². The lowest BCUT2D eigenvalue weighted by molar-refractivity contribution is 0.597. The van der Waals surface area contributed by atoms with Crippen LogP contribution < -0.4 is 11.1 Å². The highest BCUT2D eigenvalue weighted by molar-refractivity contribution is 7.91. The summed E-state index contributed by atoms with van der Waals surface area (Å²) in [5.41, 5.74) is 5.35. The number of hydrogen-bond acceptors (Lipinski definition) is 6. The van der Waals surface area contributed by atoms with E-state index in [9.17, 15) is 8.42 Å². The summed E-state index contributed by atoms with van der Waals surface area (Å²) in [6.45, 7) is 1.95. The Hall–Kier alpha value is -1.37. The molecule has 0 fully saturated rings. The van der Waals surface area contributed by atoms with Gasteiger partial charge in [-0.1, -0.05) is 6.92 Å². The zero-order chi connectivity index (χ0) is 11.3. The van der Waals surface area contributed by atoms with Gasteiger partial charge in [0.1, 0.15) is 11.6 Å². The molecule has 0 saturated carbocycles. The number of aromatic nitrogens is 2. The van der Waals surface area contributed by atoms with Gasteiger partial charge in [-0.3, -0.25) is 0 Å². The molecule has 0 aliphatic carbocycles. The van der Waals surface area contributed by atoms with Gasteiger partial charge in [0, 0.05) is 12.3 Å². The third-order valence-electron chi connectivity index (χ3n) is 1.83. The number of hydrogen-bond donors (Lipinski definition) is 2. The zero-order valence-corrected chi connectivity index (χ0v) is 9.29. The molecule has 0 aliphatic rings. The van der Waals surface area contributed by atoms with Crippen LogP contribution in [0.15, 0.2) is 12.4 Å². The molecule has 84 valence electrons. The SMILES string of the molecule is CCS(=O)(=O)CCNc1cnc(N)cn1. The molecule has 7 heteroatoms. The van der Waals surface area contributed by atoms with E-state index < -0.39 is 9.84 Å². The Labute approximate surface area is 88.8 Å². The quantitative estimate of drug-likeness (QED) is 0.733. The van der Waals surface area contributed by atoms with Gasteiger partial charge in [0.2, 0.25) is 0 Å². The van der Waals surface area contributed by atoms with E-state index in [2.05, 4.69) is 15.3 Å². The fourth-order valence-electron chi connectivity index (χ4n) is 0.908. The van der Waals surface area contributed by atoms with Crippen LogP contribution in [-0.4, -0.2) is 36.4 Å². The molecule has 1 heterocycles. The molecule has 0 spiro atoms. The number of anilines is 2. The van der Waals surface area contributed by atoms with E-state index in [4.69, 9.17) is 5.73 Å². The van der Waals surface area contributed by atoms with Gasteiger partial charge in [0.25, 0.3) is 0 Å². The van der Waals surface area contributed by atoms with Gasteiger partial charge in [-0.05, 0) is 0 Å². The van der Waals surface area contributed by atoms with Crippen molar-refractivity contribution in [3.05, 3.63) is 12.4 Å². The van der Waals surface area contributed by atoms with Crippen molar-refractivity contribution in [3.8, 4) is 0 Å². The van der Waals surface area contributed by atoms with Gasteiger partial charge in [-0.2, -0.15) is 0 Å². The highest BCUT2D eigenvalue weighted by Gasteiger charge is 2.06. The minimum atomic E-state index is -2.93. The summed E-state index contributed by atoms with van der Waals surface area (Å²) in [6, 6.07) is 0. The van der Waals surface area contributed by atoms with E-state index >= 15 is 0 Å². The summed E-state index contributed by atoms with van der Waals surface area (Å²) in [4.78, 5) is 7.75. The van der Waals surface area contributed by atoms with Crippen LogP contribution in [0, 0.1) is 0 Å². The first-order valence-corrected chi connectivity index (χ1v) is 6.37. The van der Waals surface area contributed by atoms with Crippen LogP contribution >= 0.6 is 0 Å². The molecule has 0 unspecified atom stereocenters. The van der Waals surface area contributed by atoms with Crippen molar-refractivity contribution < 1.29 is 8.42 Å². The Morgan fingerprint density at radius 3 is 2.67 bits per heavy atom. The average molecular weight is 230 g/mol. The first-order chi connectivity index (χ1) is 7.03. The fourth-order valence-corrected chi connectivity index (χ4v) is 1.61. The summed E-state index contributed by atoms with van der Waals surface area (Å²) >= 11 is 0. The van der Waals surface area contributed by atoms with Gasteiger partial charge in [-0.15, -0.1) is 0 Å². The molecule has 0 aromatic carbocycles. The largest absolute Gasteiger partial charge is 0.382 e. The van der Waals surface area contributed by atoms with Crippen LogP contribution in [0.2, 0.25) is 0 Å². The van der Waals surface area contributed by atoms with Gasteiger partial charge in [-0.25, -0.2) is 18.4 Å². The molecule has 3 N–H and O–H groups in total. The molecule has 1 aromatic rings. The summed E-state index contributed by atoms with van der Waals surface area (Å²) in [5, 5.41) is 2.85. The minimum absolute atomic E-state index is 0.0928. The van der Waals surface area contributed by atoms with Gasteiger partial charge in [0.05, 0.1) is 18.1 Å². The number of nitrogens with one attached hydrogen (secondary N) is 1. The molecule has 0 radical (unpaired) electrons. The van der Waals surface area contributed by atoms with Crippen molar-refractivity contribution in [3.63, 3.8) is 0 Å². The van der Waals surface area contributed by atoms with E-state index in [-0.39, 0.29) is 11.5 Å². The van der Waals surface area contributed by atoms with Crippen molar-refractivity contribution in [1.82, 2.24) is 9.97 Å². The molecule has 15 heavy (non-hydrogen) atoms. The van der Waals surface area contributed by atoms with Crippen LogP contribution in [0.4, 0.5) is 11.6 Å². The summed E-state index contributed by atoms with van der Waals surface area (Å²) < 4.78 is 22.3. The maximum Gasteiger partial charge on any atom is 0.151 e. The van der Waals surface area contributed by atoms with E-state index in [0.717, 1.165) is 0 Å². The standard InChI is InChI=1S/C8H14N4O2S/c1-2-15(13,14)4-3-10-8-6-11-7(9)5-12-8/h5-6H,2-4H2,1H3,(H2,9,11)(H,10,12). The van der Waals surface area contributed by atoms with Crippen LogP contribution in [0.5, 0.6) is 0 Å². The molecule has 0 aliphatic heterocycles. The van der Waals surface area contributed by atoms with Crippen molar-refractivity contribution in [1.29, 1.82) is 0 Å². The van der Waals surface area contributed by atoms with Gasteiger partial charge >= 0.3 is 0 Å². The molecule has 1 aromatic heterocycles. The third kappa shape index (κ3) is 4.11. The predicted octanol–water partition coefficient (Wildman–Crippen LogP) is -0.0946. The van der Waals surface area contributed by atoms with E-state index in [1.54, 1.807) is 6.92 Å². The maximum absolute atomic E-state index is 11.1. The number of rotatable bonds is 5. The molecule has 6 nitrogen and oxygen atoms in total. The lowest BCUT2D eigenvalue weighted by atomic mass is 10.6. The minimum Gasteiger partial charge on any atom is -0.382 e. The highest BCUT2D eigenvalue weighted by atomic mass is 32.2. The normalized spacial score (nSPS) is 11.3. The second-order valence-electron chi connectivity index (χ2n) is 2.99. The molecule has 1 rings (SSSR count). The Morgan fingerprint density at radius 2 is 2.13 bits per heavy atom. The Balaban J connectivity index is 2.42. The predicted molar refractivity (Wildman–Crippen MR) is 59.3 cm³/mol. The molecular weight excluding hydrogens is 216 g/mol. The molecular formula is C8H14N4O2S. The number of nitrogens with two attached hydrogens (primary N) is 1. The highest BCUT2D eigenvalue weighted by Crippen LogP contribution is 2.01. The zero-order valence-electron chi connectivity index (χ0n) is 8.47. The molecule has 0 bridgehead atoms. The van der Waals surface area contributed by atoms with Crippen molar-refractivity contribution in [2.45, 2.75) is 6.92 Å². The van der Waals surface area contributed by atoms with Gasteiger partial charge < -0.3 is 11.1 Å². The lowest BCUT2D eigenvalue weighted by Gasteiger charge is -2.04. The second-order valence-corrected chi connectivity index (χ2v) is 5.46. The van der Waals surface area contributed by atoms with Gasteiger partial charge in [0.15, 0.2) is 9.84 Å². The lowest BCUT2D eigenvalue weighted by Crippen LogP contribution is -2.17. The smallest absolute Gasteiger partial charge is 0.151 e. The molecule has 0 amide bonds.